The van der Waals surface area contributed by atoms with Gasteiger partial charge in [-0.3, -0.25) is 0 Å². The van der Waals surface area contributed by atoms with Crippen molar-refractivity contribution in [2.24, 2.45) is 0 Å². The number of fused-ring (bicyclic) bond motifs is 1. The van der Waals surface area contributed by atoms with Gasteiger partial charge in [0.15, 0.2) is 0 Å². The highest BCUT2D eigenvalue weighted by molar-refractivity contribution is 7.96. The Bertz CT molecular complexity index is 797. The van der Waals surface area contributed by atoms with Gasteiger partial charge in [-0.1, -0.05) is 37.6 Å². The molecule has 108 valence electrons. The van der Waals surface area contributed by atoms with Gasteiger partial charge >= 0.3 is 0 Å². The molecule has 0 atom stereocenters. The Morgan fingerprint density at radius 3 is 2.29 bits per heavy atom. The molecule has 0 unspecified atom stereocenters. The van der Waals surface area contributed by atoms with Crippen LogP contribution in [0, 0.1) is 17.9 Å². The Morgan fingerprint density at radius 2 is 1.81 bits per heavy atom. The highest BCUT2D eigenvalue weighted by Gasteiger charge is 2.38. The van der Waals surface area contributed by atoms with Crippen LogP contribution in [0.25, 0.3) is 10.4 Å². The van der Waals surface area contributed by atoms with E-state index < -0.39 is 9.84 Å². The second-order valence-corrected chi connectivity index (χ2v) is 6.13. The average molecular weight is 300 g/mol. The highest BCUT2D eigenvalue weighted by atomic mass is 32.2. The third-order valence-corrected chi connectivity index (χ3v) is 4.94. The fourth-order valence-electron chi connectivity index (χ4n) is 2.16. The van der Waals surface area contributed by atoms with Crippen molar-refractivity contribution >= 4 is 15.4 Å². The van der Waals surface area contributed by atoms with E-state index in [4.69, 9.17) is 11.8 Å². The molecule has 21 heavy (non-hydrogen) atoms. The van der Waals surface area contributed by atoms with Gasteiger partial charge in [0.05, 0.1) is 22.4 Å². The minimum absolute atomic E-state index is 0.0845. The third kappa shape index (κ3) is 2.61. The molecule has 0 saturated heterocycles. The minimum atomic E-state index is -3.63. The van der Waals surface area contributed by atoms with Crippen LogP contribution in [0.5, 0.6) is 0 Å². The van der Waals surface area contributed by atoms with E-state index in [-0.39, 0.29) is 21.1 Å². The van der Waals surface area contributed by atoms with Crippen molar-refractivity contribution in [3.8, 4) is 6.07 Å². The average Bonchev–Trinajstić information content (AvgIpc) is 2.72. The lowest BCUT2D eigenvalue weighted by atomic mass is 10.0. The summed E-state index contributed by atoms with van der Waals surface area (Å²) < 4.78 is 24.9. The van der Waals surface area contributed by atoms with Crippen LogP contribution in [0.3, 0.4) is 0 Å². The number of sulfone groups is 1. The summed E-state index contributed by atoms with van der Waals surface area (Å²) in [5, 5.41) is 9.04. The molecule has 0 spiro atoms. The zero-order valence-electron chi connectivity index (χ0n) is 12.4. The van der Waals surface area contributed by atoms with Gasteiger partial charge < -0.3 is 0 Å². The van der Waals surface area contributed by atoms with Crippen LogP contribution in [-0.4, -0.2) is 8.42 Å². The Morgan fingerprint density at radius 1 is 1.24 bits per heavy atom. The zero-order chi connectivity index (χ0) is 16.2. The van der Waals surface area contributed by atoms with Crippen molar-refractivity contribution in [3.63, 3.8) is 0 Å². The third-order valence-electron chi connectivity index (χ3n) is 2.85. The molecule has 5 heteroatoms. The molecule has 0 radical (unpaired) electrons. The summed E-state index contributed by atoms with van der Waals surface area (Å²) in [4.78, 5) is 3.40. The molecule has 1 aliphatic heterocycles. The molecule has 1 aliphatic rings. The highest BCUT2D eigenvalue weighted by Crippen LogP contribution is 2.45. The van der Waals surface area contributed by atoms with Crippen LogP contribution in [0.4, 0.5) is 0 Å². The van der Waals surface area contributed by atoms with E-state index >= 15 is 0 Å². The quantitative estimate of drug-likeness (QED) is 0.538. The van der Waals surface area contributed by atoms with Crippen molar-refractivity contribution in [1.82, 2.24) is 0 Å². The van der Waals surface area contributed by atoms with E-state index in [1.54, 1.807) is 38.1 Å². The van der Waals surface area contributed by atoms with Gasteiger partial charge in [0.25, 0.3) is 5.70 Å². The summed E-state index contributed by atoms with van der Waals surface area (Å²) in [5.41, 5.74) is 1.05. The van der Waals surface area contributed by atoms with Crippen LogP contribution in [0.1, 0.15) is 33.3 Å². The second kappa shape index (κ2) is 6.39. The standard InChI is InChI=1S/C14H10N2O2S.C2H6/c1-9(2)14-13(11(8-15)16-3)10-6-4-5-7-12(10)19(14,17)18;1-2/h4-7H,1-2H3;1-2H3/b13-11-;. The van der Waals surface area contributed by atoms with Crippen LogP contribution in [0.2, 0.25) is 0 Å². The lowest BCUT2D eigenvalue weighted by molar-refractivity contribution is 0.604. The summed E-state index contributed by atoms with van der Waals surface area (Å²) in [6, 6.07) is 8.24. The molecule has 1 aromatic rings. The number of hydrogen-bond acceptors (Lipinski definition) is 3. The fraction of sp³-hybridized carbons (Fsp3) is 0.250. The summed E-state index contributed by atoms with van der Waals surface area (Å²) >= 11 is 0. The molecule has 4 nitrogen and oxygen atoms in total. The first-order valence-corrected chi connectivity index (χ1v) is 7.97. The Hall–Kier alpha value is -2.37. The zero-order valence-corrected chi connectivity index (χ0v) is 13.2. The first-order chi connectivity index (χ1) is 9.95. The monoisotopic (exact) mass is 300 g/mol. The Kier molecular flexibility index (Phi) is 5.07. The van der Waals surface area contributed by atoms with E-state index in [1.807, 2.05) is 13.8 Å². The van der Waals surface area contributed by atoms with Crippen molar-refractivity contribution in [1.29, 1.82) is 5.26 Å². The number of allylic oxidation sites excluding steroid dienone is 3. The molecule has 0 saturated carbocycles. The SMILES string of the molecule is CC.[C-]#[N+]/C(C#N)=C1\C(=C(C)C)S(=O)(=O)c2ccccc21. The molecule has 1 aromatic carbocycles. The van der Waals surface area contributed by atoms with Gasteiger partial charge in [-0.15, -0.1) is 0 Å². The number of nitriles is 1. The topological polar surface area (TPSA) is 62.3 Å². The lowest BCUT2D eigenvalue weighted by Crippen LogP contribution is -1.99. The predicted molar refractivity (Wildman–Crippen MR) is 82.5 cm³/mol. The summed E-state index contributed by atoms with van der Waals surface area (Å²) in [6.45, 7) is 14.4. The largest absolute Gasteiger partial charge is 0.270 e. The maximum absolute atomic E-state index is 12.5. The van der Waals surface area contributed by atoms with Crippen molar-refractivity contribution in [3.05, 3.63) is 57.4 Å². The minimum Gasteiger partial charge on any atom is -0.226 e. The maximum Gasteiger partial charge on any atom is 0.270 e. The van der Waals surface area contributed by atoms with Gasteiger partial charge in [0, 0.05) is 5.57 Å². The van der Waals surface area contributed by atoms with Gasteiger partial charge in [-0.25, -0.2) is 18.5 Å². The Labute approximate surface area is 125 Å². The molecule has 0 fully saturated rings. The van der Waals surface area contributed by atoms with Gasteiger partial charge in [-0.2, -0.15) is 0 Å². The first-order valence-electron chi connectivity index (χ1n) is 6.49. The number of rotatable bonds is 0. The van der Waals surface area contributed by atoms with Crippen LogP contribution >= 0.6 is 0 Å². The van der Waals surface area contributed by atoms with Gasteiger partial charge in [-0.05, 0) is 25.5 Å². The fourth-order valence-corrected chi connectivity index (χ4v) is 4.11. The number of benzene rings is 1. The summed E-state index contributed by atoms with van der Waals surface area (Å²) in [7, 11) is -3.63. The first kappa shape index (κ1) is 16.7. The molecule has 0 amide bonds. The smallest absolute Gasteiger partial charge is 0.226 e. The van der Waals surface area contributed by atoms with Crippen LogP contribution in [-0.2, 0) is 9.84 Å². The molecule has 0 aliphatic carbocycles. The Balaban J connectivity index is 0.00000106. The molecular formula is C16H16N2O2S. The number of nitrogens with zero attached hydrogens (tertiary/aromatic N) is 2. The van der Waals surface area contributed by atoms with E-state index in [0.29, 0.717) is 11.1 Å². The van der Waals surface area contributed by atoms with Crippen LogP contribution < -0.4 is 0 Å². The van der Waals surface area contributed by atoms with E-state index in [9.17, 15) is 8.42 Å². The summed E-state index contributed by atoms with van der Waals surface area (Å²) in [6.07, 6.45) is 0. The predicted octanol–water partition coefficient (Wildman–Crippen LogP) is 3.95. The maximum atomic E-state index is 12.5. The molecular weight excluding hydrogens is 284 g/mol. The van der Waals surface area contributed by atoms with E-state index in [1.165, 1.54) is 6.07 Å². The van der Waals surface area contributed by atoms with Crippen LogP contribution in [0.15, 0.2) is 45.3 Å². The molecule has 0 bridgehead atoms. The lowest BCUT2D eigenvalue weighted by Gasteiger charge is -2.03. The normalized spacial score (nSPS) is 16.8. The molecule has 2 rings (SSSR count). The molecule has 0 aromatic heterocycles. The summed E-state index contributed by atoms with van der Waals surface area (Å²) in [5.74, 6) is 0. The van der Waals surface area contributed by atoms with Crippen molar-refractivity contribution < 1.29 is 8.42 Å². The van der Waals surface area contributed by atoms with Crippen molar-refractivity contribution in [2.45, 2.75) is 32.6 Å². The molecule has 1 heterocycles. The van der Waals surface area contributed by atoms with Crippen molar-refractivity contribution in [2.75, 3.05) is 0 Å². The number of hydrogen-bond donors (Lipinski definition) is 0. The molecule has 0 N–H and O–H groups in total. The van der Waals surface area contributed by atoms with Gasteiger partial charge in [0.1, 0.15) is 0 Å². The second-order valence-electron chi connectivity index (χ2n) is 4.28. The van der Waals surface area contributed by atoms with E-state index in [2.05, 4.69) is 4.85 Å². The van der Waals surface area contributed by atoms with Gasteiger partial charge in [0.2, 0.25) is 9.84 Å². The van der Waals surface area contributed by atoms with E-state index in [0.717, 1.165) is 0 Å².